The molecule has 0 unspecified atom stereocenters. The maximum Gasteiger partial charge on any atom is 0.344 e. The van der Waals surface area contributed by atoms with Gasteiger partial charge in [0.1, 0.15) is 22.9 Å². The molecule has 7 nitrogen and oxygen atoms in total. The van der Waals surface area contributed by atoms with Crippen molar-refractivity contribution in [2.24, 2.45) is 0 Å². The second-order valence-electron chi connectivity index (χ2n) is 6.31. The van der Waals surface area contributed by atoms with Gasteiger partial charge in [0.25, 0.3) is 0 Å². The van der Waals surface area contributed by atoms with Gasteiger partial charge in [-0.25, -0.2) is 9.78 Å². The number of nitrogens with zero attached hydrogens (tertiary/aromatic N) is 2. The third-order valence-electron chi connectivity index (χ3n) is 4.07. The Labute approximate surface area is 166 Å². The Balaban J connectivity index is 1.54. The molecular weight excluding hydrogens is 378 g/mol. The summed E-state index contributed by atoms with van der Waals surface area (Å²) in [4.78, 5) is 28.8. The number of rotatable bonds is 7. The molecule has 0 atom stereocenters. The number of anilines is 1. The van der Waals surface area contributed by atoms with Gasteiger partial charge in [-0.2, -0.15) is 0 Å². The molecule has 3 rings (SSSR count). The lowest BCUT2D eigenvalue weighted by atomic mass is 10.1. The van der Waals surface area contributed by atoms with Crippen LogP contribution in [0, 0.1) is 13.8 Å². The summed E-state index contributed by atoms with van der Waals surface area (Å²) < 4.78 is 10.4. The van der Waals surface area contributed by atoms with E-state index in [0.29, 0.717) is 34.1 Å². The molecule has 146 valence electrons. The third kappa shape index (κ3) is 4.83. The molecule has 0 aliphatic carbocycles. The zero-order valence-corrected chi connectivity index (χ0v) is 16.8. The first kappa shape index (κ1) is 19.8. The summed E-state index contributed by atoms with van der Waals surface area (Å²) >= 11 is 1.36. The summed E-state index contributed by atoms with van der Waals surface area (Å²) in [6, 6.07) is 7.59. The maximum atomic E-state index is 12.3. The van der Waals surface area contributed by atoms with Crippen LogP contribution in [0.2, 0.25) is 0 Å². The molecule has 3 aromatic rings. The summed E-state index contributed by atoms with van der Waals surface area (Å²) in [7, 11) is 0. The predicted molar refractivity (Wildman–Crippen MR) is 105 cm³/mol. The van der Waals surface area contributed by atoms with E-state index < -0.39 is 5.97 Å². The van der Waals surface area contributed by atoms with Crippen LogP contribution >= 0.6 is 11.3 Å². The van der Waals surface area contributed by atoms with Crippen molar-refractivity contribution in [3.05, 3.63) is 62.9 Å². The van der Waals surface area contributed by atoms with Crippen LogP contribution in [-0.2, 0) is 29.0 Å². The molecule has 0 spiro atoms. The maximum absolute atomic E-state index is 12.3. The fraction of sp³-hybridized carbons (Fsp3) is 0.300. The van der Waals surface area contributed by atoms with Gasteiger partial charge in [-0.1, -0.05) is 29.8 Å². The smallest absolute Gasteiger partial charge is 0.344 e. The van der Waals surface area contributed by atoms with E-state index >= 15 is 0 Å². The number of esters is 1. The van der Waals surface area contributed by atoms with Crippen LogP contribution in [0.3, 0.4) is 0 Å². The molecule has 0 saturated heterocycles. The molecule has 1 N–H and O–H groups in total. The Hall–Kier alpha value is -3.00. The second kappa shape index (κ2) is 8.79. The Kier molecular flexibility index (Phi) is 6.20. The van der Waals surface area contributed by atoms with Crippen molar-refractivity contribution in [3.63, 3.8) is 0 Å². The number of nitrogens with one attached hydrogen (secondary N) is 1. The van der Waals surface area contributed by atoms with Crippen LogP contribution in [0.25, 0.3) is 0 Å². The quantitative estimate of drug-likeness (QED) is 0.607. The molecule has 1 amide bonds. The lowest BCUT2D eigenvalue weighted by Gasteiger charge is -2.04. The van der Waals surface area contributed by atoms with Gasteiger partial charge in [-0.15, -0.1) is 11.3 Å². The molecule has 2 aromatic heterocycles. The van der Waals surface area contributed by atoms with Gasteiger partial charge in [0.2, 0.25) is 5.91 Å². The van der Waals surface area contributed by atoms with Crippen molar-refractivity contribution < 1.29 is 18.8 Å². The molecule has 1 aromatic carbocycles. The average molecular weight is 399 g/mol. The van der Waals surface area contributed by atoms with E-state index in [-0.39, 0.29) is 18.9 Å². The SMILES string of the molecule is CCc1noc(C)c1C(=O)OCc1csc(CC(=O)Nc2ccc(C)cc2)n1. The zero-order valence-electron chi connectivity index (χ0n) is 15.9. The summed E-state index contributed by atoms with van der Waals surface area (Å²) in [5, 5.41) is 9.13. The Morgan fingerprint density at radius 1 is 1.21 bits per heavy atom. The minimum Gasteiger partial charge on any atom is -0.455 e. The fourth-order valence-corrected chi connectivity index (χ4v) is 3.39. The lowest BCUT2D eigenvalue weighted by molar-refractivity contribution is -0.115. The van der Waals surface area contributed by atoms with Crippen LogP contribution in [-0.4, -0.2) is 22.0 Å². The molecule has 0 bridgehead atoms. The Morgan fingerprint density at radius 3 is 2.68 bits per heavy atom. The highest BCUT2D eigenvalue weighted by atomic mass is 32.1. The van der Waals surface area contributed by atoms with Gasteiger partial charge in [0.15, 0.2) is 0 Å². The van der Waals surface area contributed by atoms with E-state index in [1.807, 2.05) is 38.1 Å². The highest BCUT2D eigenvalue weighted by Crippen LogP contribution is 2.18. The number of carbonyl (C=O) groups is 2. The minimum absolute atomic E-state index is 0.0304. The number of benzene rings is 1. The van der Waals surface area contributed by atoms with E-state index in [1.165, 1.54) is 11.3 Å². The number of aromatic nitrogens is 2. The summed E-state index contributed by atoms with van der Waals surface area (Å²) in [5.74, 6) is -0.190. The van der Waals surface area contributed by atoms with Crippen LogP contribution in [0.15, 0.2) is 34.2 Å². The topological polar surface area (TPSA) is 94.3 Å². The van der Waals surface area contributed by atoms with Crippen molar-refractivity contribution in [1.29, 1.82) is 0 Å². The summed E-state index contributed by atoms with van der Waals surface area (Å²) in [6.45, 7) is 5.59. The van der Waals surface area contributed by atoms with Crippen LogP contribution in [0.1, 0.15) is 45.0 Å². The van der Waals surface area contributed by atoms with Crippen LogP contribution < -0.4 is 5.32 Å². The summed E-state index contributed by atoms with van der Waals surface area (Å²) in [6.07, 6.45) is 0.746. The van der Waals surface area contributed by atoms with Gasteiger partial charge < -0.3 is 14.6 Å². The standard InChI is InChI=1S/C20H21N3O4S/c1-4-16-19(13(3)27-23-16)20(25)26-10-15-11-28-18(22-15)9-17(24)21-14-7-5-12(2)6-8-14/h5-8,11H,4,9-10H2,1-3H3,(H,21,24). The highest BCUT2D eigenvalue weighted by Gasteiger charge is 2.21. The Bertz CT molecular complexity index is 976. The molecule has 0 aliphatic rings. The average Bonchev–Trinajstić information content (AvgIpc) is 3.27. The van der Waals surface area contributed by atoms with Gasteiger partial charge >= 0.3 is 5.97 Å². The first-order valence-electron chi connectivity index (χ1n) is 8.88. The molecular formula is C20H21N3O4S. The number of hydrogen-bond donors (Lipinski definition) is 1. The number of amides is 1. The highest BCUT2D eigenvalue weighted by molar-refractivity contribution is 7.09. The lowest BCUT2D eigenvalue weighted by Crippen LogP contribution is -2.14. The molecule has 0 aliphatic heterocycles. The predicted octanol–water partition coefficient (Wildman–Crippen LogP) is 3.85. The van der Waals surface area contributed by atoms with E-state index in [2.05, 4.69) is 15.5 Å². The number of ether oxygens (including phenoxy) is 1. The minimum atomic E-state index is -0.484. The molecule has 28 heavy (non-hydrogen) atoms. The summed E-state index contributed by atoms with van der Waals surface area (Å²) in [5.41, 5.74) is 3.43. The van der Waals surface area contributed by atoms with Gasteiger partial charge in [-0.3, -0.25) is 4.79 Å². The largest absolute Gasteiger partial charge is 0.455 e. The van der Waals surface area contributed by atoms with E-state index in [0.717, 1.165) is 11.3 Å². The molecule has 0 fully saturated rings. The molecule has 8 heteroatoms. The van der Waals surface area contributed by atoms with Gasteiger partial charge in [0.05, 0.1) is 17.8 Å². The third-order valence-corrected chi connectivity index (χ3v) is 4.97. The van der Waals surface area contributed by atoms with Crippen LogP contribution in [0.4, 0.5) is 5.69 Å². The monoisotopic (exact) mass is 399 g/mol. The van der Waals surface area contributed by atoms with Crippen LogP contribution in [0.5, 0.6) is 0 Å². The second-order valence-corrected chi connectivity index (χ2v) is 7.26. The van der Waals surface area contributed by atoms with Gasteiger partial charge in [0, 0.05) is 11.1 Å². The van der Waals surface area contributed by atoms with E-state index in [9.17, 15) is 9.59 Å². The van der Waals surface area contributed by atoms with Crippen molar-refractivity contribution in [1.82, 2.24) is 10.1 Å². The zero-order chi connectivity index (χ0) is 20.1. The molecule has 0 saturated carbocycles. The normalized spacial score (nSPS) is 10.7. The first-order valence-corrected chi connectivity index (χ1v) is 9.76. The van der Waals surface area contributed by atoms with E-state index in [4.69, 9.17) is 9.26 Å². The number of carbonyl (C=O) groups excluding carboxylic acids is 2. The number of aryl methyl sites for hydroxylation is 3. The van der Waals surface area contributed by atoms with Crippen molar-refractivity contribution >= 4 is 28.9 Å². The van der Waals surface area contributed by atoms with Crippen molar-refractivity contribution in [2.45, 2.75) is 40.2 Å². The Morgan fingerprint density at radius 2 is 1.96 bits per heavy atom. The first-order chi connectivity index (χ1) is 13.5. The fourth-order valence-electron chi connectivity index (χ4n) is 2.61. The van der Waals surface area contributed by atoms with E-state index in [1.54, 1.807) is 12.3 Å². The van der Waals surface area contributed by atoms with Gasteiger partial charge in [-0.05, 0) is 32.4 Å². The number of thiazole rings is 1. The van der Waals surface area contributed by atoms with Crippen molar-refractivity contribution in [2.75, 3.05) is 5.32 Å². The number of hydrogen-bond acceptors (Lipinski definition) is 7. The van der Waals surface area contributed by atoms with Crippen molar-refractivity contribution in [3.8, 4) is 0 Å². The molecule has 2 heterocycles. The molecule has 0 radical (unpaired) electrons.